The summed E-state index contributed by atoms with van der Waals surface area (Å²) in [4.78, 5) is 22.8. The number of hydrogen-bond donors (Lipinski definition) is 0. The van der Waals surface area contributed by atoms with Crippen molar-refractivity contribution in [1.82, 2.24) is 9.78 Å². The fourth-order valence-corrected chi connectivity index (χ4v) is 2.51. The van der Waals surface area contributed by atoms with Crippen molar-refractivity contribution >= 4 is 17.5 Å². The third-order valence-electron chi connectivity index (χ3n) is 3.81. The molecule has 0 spiro atoms. The van der Waals surface area contributed by atoms with Gasteiger partial charge < -0.3 is 4.74 Å². The quantitative estimate of drug-likeness (QED) is 0.276. The van der Waals surface area contributed by atoms with Crippen LogP contribution >= 0.6 is 0 Å². The van der Waals surface area contributed by atoms with Crippen LogP contribution < -0.4 is 4.74 Å². The van der Waals surface area contributed by atoms with Crippen molar-refractivity contribution in [1.29, 1.82) is 0 Å². The van der Waals surface area contributed by atoms with Crippen molar-refractivity contribution in [2.45, 2.75) is 6.61 Å². The lowest BCUT2D eigenvalue weighted by Crippen LogP contribution is -2.01. The molecule has 0 N–H and O–H groups in total. The van der Waals surface area contributed by atoms with E-state index >= 15 is 0 Å². The molecule has 27 heavy (non-hydrogen) atoms. The number of hydrogen-bond acceptors (Lipinski definition) is 5. The molecule has 0 aliphatic carbocycles. The Kier molecular flexibility index (Phi) is 5.41. The molecule has 1 aromatic heterocycles. The number of ketones is 1. The lowest BCUT2D eigenvalue weighted by atomic mass is 10.1. The molecule has 0 aliphatic rings. The van der Waals surface area contributed by atoms with E-state index < -0.39 is 10.7 Å². The molecule has 2 aromatic carbocycles. The first-order valence-corrected chi connectivity index (χ1v) is 8.21. The number of carbonyl (C=O) groups is 1. The Balaban J connectivity index is 1.77. The molecule has 0 saturated heterocycles. The van der Waals surface area contributed by atoms with Crippen LogP contribution in [0.15, 0.2) is 66.9 Å². The average Bonchev–Trinajstić information content (AvgIpc) is 3.08. The summed E-state index contributed by atoms with van der Waals surface area (Å²) in [6.07, 6.45) is 4.04. The van der Waals surface area contributed by atoms with E-state index in [1.165, 1.54) is 24.0 Å². The maximum absolute atomic E-state index is 12.3. The van der Waals surface area contributed by atoms with Crippen molar-refractivity contribution in [3.63, 3.8) is 0 Å². The number of benzene rings is 2. The maximum atomic E-state index is 12.3. The van der Waals surface area contributed by atoms with Gasteiger partial charge in [-0.15, -0.1) is 0 Å². The first-order valence-electron chi connectivity index (χ1n) is 8.21. The zero-order valence-electron chi connectivity index (χ0n) is 14.6. The summed E-state index contributed by atoms with van der Waals surface area (Å²) in [7, 11) is 1.53. The number of rotatable bonds is 7. The summed E-state index contributed by atoms with van der Waals surface area (Å²) in [5.74, 6) is 0.0705. The van der Waals surface area contributed by atoms with Gasteiger partial charge in [-0.25, -0.2) is 0 Å². The molecule has 0 saturated carbocycles. The van der Waals surface area contributed by atoms with Crippen LogP contribution in [0.3, 0.4) is 0 Å². The molecule has 0 atom stereocenters. The van der Waals surface area contributed by atoms with Crippen LogP contribution in [0.25, 0.3) is 6.08 Å². The molecule has 0 unspecified atom stereocenters. The summed E-state index contributed by atoms with van der Waals surface area (Å²) in [5.41, 5.74) is 1.21. The van der Waals surface area contributed by atoms with Crippen molar-refractivity contribution in [3.05, 3.63) is 93.8 Å². The second-order valence-electron chi connectivity index (χ2n) is 5.80. The molecule has 3 rings (SSSR count). The Bertz CT molecular complexity index is 993. The van der Waals surface area contributed by atoms with Crippen molar-refractivity contribution < 1.29 is 14.5 Å². The summed E-state index contributed by atoms with van der Waals surface area (Å²) in [6.45, 7) is 0.394. The Morgan fingerprint density at radius 3 is 2.63 bits per heavy atom. The smallest absolute Gasteiger partial charge is 0.318 e. The van der Waals surface area contributed by atoms with Gasteiger partial charge >= 0.3 is 5.69 Å². The maximum Gasteiger partial charge on any atom is 0.318 e. The van der Waals surface area contributed by atoms with E-state index in [-0.39, 0.29) is 11.4 Å². The minimum atomic E-state index is -0.620. The average molecular weight is 363 g/mol. The van der Waals surface area contributed by atoms with E-state index in [0.29, 0.717) is 17.9 Å². The van der Waals surface area contributed by atoms with E-state index in [4.69, 9.17) is 4.74 Å². The molecule has 0 bridgehead atoms. The highest BCUT2D eigenvalue weighted by Crippen LogP contribution is 2.22. The summed E-state index contributed by atoms with van der Waals surface area (Å²) in [6, 6.07) is 17.0. The fourth-order valence-electron chi connectivity index (χ4n) is 2.51. The zero-order valence-corrected chi connectivity index (χ0v) is 14.6. The van der Waals surface area contributed by atoms with Crippen LogP contribution in [0.1, 0.15) is 21.6 Å². The Morgan fingerprint density at radius 1 is 1.19 bits per heavy atom. The highest BCUT2D eigenvalue weighted by Gasteiger charge is 2.23. The third kappa shape index (κ3) is 4.46. The summed E-state index contributed by atoms with van der Waals surface area (Å²) < 4.78 is 7.08. The molecule has 0 fully saturated rings. The number of aryl methyl sites for hydroxylation is 1. The molecular formula is C20H17N3O4. The van der Waals surface area contributed by atoms with Gasteiger partial charge in [0.05, 0.1) is 4.92 Å². The molecule has 7 heteroatoms. The SMILES string of the molecule is Cn1cc([N+](=O)[O-])c(C(=O)/C=C/c2ccccc2OCc2ccccc2)n1. The molecule has 0 aliphatic heterocycles. The molecule has 7 nitrogen and oxygen atoms in total. The van der Waals surface area contributed by atoms with Gasteiger partial charge in [-0.3, -0.25) is 19.6 Å². The largest absolute Gasteiger partial charge is 0.488 e. The molecule has 0 radical (unpaired) electrons. The van der Waals surface area contributed by atoms with Gasteiger partial charge in [-0.1, -0.05) is 48.5 Å². The number of aromatic nitrogens is 2. The van der Waals surface area contributed by atoms with Gasteiger partial charge in [-0.05, 0) is 23.8 Å². The van der Waals surface area contributed by atoms with E-state index in [9.17, 15) is 14.9 Å². The number of nitrogens with zero attached hydrogens (tertiary/aromatic N) is 3. The molecular weight excluding hydrogens is 346 g/mol. The van der Waals surface area contributed by atoms with Crippen molar-refractivity contribution in [2.24, 2.45) is 7.05 Å². The van der Waals surface area contributed by atoms with Gasteiger partial charge in [0.15, 0.2) is 0 Å². The minimum Gasteiger partial charge on any atom is -0.488 e. The van der Waals surface area contributed by atoms with Crippen LogP contribution in [0.5, 0.6) is 5.75 Å². The number of para-hydroxylation sites is 1. The molecule has 136 valence electrons. The number of carbonyl (C=O) groups excluding carboxylic acids is 1. The third-order valence-corrected chi connectivity index (χ3v) is 3.81. The van der Waals surface area contributed by atoms with Gasteiger partial charge in [0.25, 0.3) is 0 Å². The van der Waals surface area contributed by atoms with E-state index in [1.807, 2.05) is 42.5 Å². The Morgan fingerprint density at radius 2 is 1.89 bits per heavy atom. The molecule has 1 heterocycles. The van der Waals surface area contributed by atoms with Crippen LogP contribution in [0.2, 0.25) is 0 Å². The first kappa shape index (κ1) is 18.1. The van der Waals surface area contributed by atoms with Gasteiger partial charge in [-0.2, -0.15) is 5.10 Å². The predicted molar refractivity (Wildman–Crippen MR) is 100 cm³/mol. The summed E-state index contributed by atoms with van der Waals surface area (Å²) in [5, 5.41) is 14.9. The van der Waals surface area contributed by atoms with Crippen LogP contribution in [-0.4, -0.2) is 20.5 Å². The first-order chi connectivity index (χ1) is 13.0. The highest BCUT2D eigenvalue weighted by molar-refractivity contribution is 6.08. The van der Waals surface area contributed by atoms with Crippen LogP contribution in [0, 0.1) is 10.1 Å². The highest BCUT2D eigenvalue weighted by atomic mass is 16.6. The zero-order chi connectivity index (χ0) is 19.2. The number of allylic oxidation sites excluding steroid dienone is 1. The normalized spacial score (nSPS) is 10.9. The van der Waals surface area contributed by atoms with Gasteiger partial charge in [0.1, 0.15) is 18.6 Å². The van der Waals surface area contributed by atoms with E-state index in [2.05, 4.69) is 5.10 Å². The summed E-state index contributed by atoms with van der Waals surface area (Å²) >= 11 is 0. The molecule has 0 amide bonds. The van der Waals surface area contributed by atoms with Crippen LogP contribution in [-0.2, 0) is 13.7 Å². The van der Waals surface area contributed by atoms with Crippen molar-refractivity contribution in [2.75, 3.05) is 0 Å². The second kappa shape index (κ2) is 8.09. The van der Waals surface area contributed by atoms with Gasteiger partial charge in [0.2, 0.25) is 11.5 Å². The van der Waals surface area contributed by atoms with E-state index in [1.54, 1.807) is 18.2 Å². The van der Waals surface area contributed by atoms with E-state index in [0.717, 1.165) is 5.56 Å². The number of nitro groups is 1. The number of ether oxygens (including phenoxy) is 1. The lowest BCUT2D eigenvalue weighted by molar-refractivity contribution is -0.385. The van der Waals surface area contributed by atoms with Gasteiger partial charge in [0, 0.05) is 12.6 Å². The van der Waals surface area contributed by atoms with Crippen molar-refractivity contribution in [3.8, 4) is 5.75 Å². The standard InChI is InChI=1S/C20H17N3O4/c1-22-13-17(23(25)26)20(21-22)18(24)12-11-16-9-5-6-10-19(16)27-14-15-7-3-2-4-8-15/h2-13H,14H2,1H3/b12-11+. The molecule has 3 aromatic rings. The van der Waals surface area contributed by atoms with Crippen LogP contribution in [0.4, 0.5) is 5.69 Å². The Labute approximate surface area is 155 Å². The fraction of sp³-hybridized carbons (Fsp3) is 0.100. The monoisotopic (exact) mass is 363 g/mol. The Hall–Kier alpha value is -3.74. The minimum absolute atomic E-state index is 0.193. The topological polar surface area (TPSA) is 87.3 Å². The predicted octanol–water partition coefficient (Wildman–Crippen LogP) is 3.80. The lowest BCUT2D eigenvalue weighted by Gasteiger charge is -2.09. The second-order valence-corrected chi connectivity index (χ2v) is 5.80.